The molecule has 1 saturated carbocycles. The second-order valence-corrected chi connectivity index (χ2v) is 5.08. The van der Waals surface area contributed by atoms with Crippen LogP contribution in [0.15, 0.2) is 0 Å². The Kier molecular flexibility index (Phi) is 3.48. The van der Waals surface area contributed by atoms with Gasteiger partial charge in [0.25, 0.3) is 0 Å². The summed E-state index contributed by atoms with van der Waals surface area (Å²) in [5, 5.41) is 0. The SMILES string of the molecule is CC(C)(C)CCOC1CCC(=O)C1. The van der Waals surface area contributed by atoms with Gasteiger partial charge in [0, 0.05) is 19.4 Å². The summed E-state index contributed by atoms with van der Waals surface area (Å²) in [5.41, 5.74) is 0.336. The lowest BCUT2D eigenvalue weighted by molar-refractivity contribution is -0.118. The van der Waals surface area contributed by atoms with Crippen molar-refractivity contribution in [2.45, 2.75) is 52.6 Å². The molecule has 1 aliphatic rings. The van der Waals surface area contributed by atoms with Crippen molar-refractivity contribution in [3.63, 3.8) is 0 Å². The largest absolute Gasteiger partial charge is 0.378 e. The summed E-state index contributed by atoms with van der Waals surface area (Å²) in [4.78, 5) is 10.9. The fourth-order valence-electron chi connectivity index (χ4n) is 1.45. The Hall–Kier alpha value is -0.370. The van der Waals surface area contributed by atoms with Crippen molar-refractivity contribution in [2.24, 2.45) is 5.41 Å². The van der Waals surface area contributed by atoms with E-state index < -0.39 is 0 Å². The molecule has 1 atom stereocenters. The zero-order valence-electron chi connectivity index (χ0n) is 8.93. The molecule has 2 nitrogen and oxygen atoms in total. The van der Waals surface area contributed by atoms with E-state index in [0.717, 1.165) is 25.9 Å². The van der Waals surface area contributed by atoms with Crippen molar-refractivity contribution in [3.8, 4) is 0 Å². The molecular formula is C11H20O2. The fourth-order valence-corrected chi connectivity index (χ4v) is 1.45. The van der Waals surface area contributed by atoms with Crippen molar-refractivity contribution in [2.75, 3.05) is 6.61 Å². The summed E-state index contributed by atoms with van der Waals surface area (Å²) >= 11 is 0. The van der Waals surface area contributed by atoms with Crippen LogP contribution in [0.5, 0.6) is 0 Å². The van der Waals surface area contributed by atoms with E-state index in [4.69, 9.17) is 4.74 Å². The number of ketones is 1. The monoisotopic (exact) mass is 184 g/mol. The molecule has 1 unspecified atom stereocenters. The van der Waals surface area contributed by atoms with Gasteiger partial charge in [0.2, 0.25) is 0 Å². The third kappa shape index (κ3) is 4.41. The highest BCUT2D eigenvalue weighted by atomic mass is 16.5. The number of ether oxygens (including phenoxy) is 1. The molecule has 0 N–H and O–H groups in total. The summed E-state index contributed by atoms with van der Waals surface area (Å²) in [6, 6.07) is 0. The maximum absolute atomic E-state index is 10.9. The minimum Gasteiger partial charge on any atom is -0.378 e. The predicted octanol–water partition coefficient (Wildman–Crippen LogP) is 2.56. The van der Waals surface area contributed by atoms with Gasteiger partial charge in [-0.25, -0.2) is 0 Å². The standard InChI is InChI=1S/C11H20O2/c1-11(2,3)6-7-13-10-5-4-9(12)8-10/h10H,4-8H2,1-3H3. The highest BCUT2D eigenvalue weighted by molar-refractivity contribution is 5.81. The van der Waals surface area contributed by atoms with E-state index in [2.05, 4.69) is 20.8 Å². The van der Waals surface area contributed by atoms with Gasteiger partial charge in [0.05, 0.1) is 6.10 Å². The van der Waals surface area contributed by atoms with Gasteiger partial charge in [-0.3, -0.25) is 4.79 Å². The smallest absolute Gasteiger partial charge is 0.135 e. The average Bonchev–Trinajstić information content (AvgIpc) is 2.33. The Bertz CT molecular complexity index is 179. The number of carbonyl (C=O) groups excluding carboxylic acids is 1. The van der Waals surface area contributed by atoms with E-state index in [1.807, 2.05) is 0 Å². The first kappa shape index (κ1) is 10.7. The van der Waals surface area contributed by atoms with E-state index in [9.17, 15) is 4.79 Å². The van der Waals surface area contributed by atoms with Crippen LogP contribution in [0, 0.1) is 5.41 Å². The van der Waals surface area contributed by atoms with E-state index in [1.54, 1.807) is 0 Å². The van der Waals surface area contributed by atoms with Gasteiger partial charge in [-0.1, -0.05) is 20.8 Å². The van der Waals surface area contributed by atoms with Crippen LogP contribution in [-0.2, 0) is 9.53 Å². The maximum Gasteiger partial charge on any atom is 0.135 e. The number of hydrogen-bond acceptors (Lipinski definition) is 2. The normalized spacial score (nSPS) is 23.9. The predicted molar refractivity (Wildman–Crippen MR) is 52.7 cm³/mol. The minimum absolute atomic E-state index is 0.217. The van der Waals surface area contributed by atoms with E-state index in [1.165, 1.54) is 0 Å². The minimum atomic E-state index is 0.217. The van der Waals surface area contributed by atoms with Crippen LogP contribution in [0.25, 0.3) is 0 Å². The van der Waals surface area contributed by atoms with Gasteiger partial charge in [-0.2, -0.15) is 0 Å². The molecule has 2 heteroatoms. The zero-order valence-corrected chi connectivity index (χ0v) is 8.93. The van der Waals surface area contributed by atoms with Crippen LogP contribution < -0.4 is 0 Å². The van der Waals surface area contributed by atoms with E-state index in [-0.39, 0.29) is 6.10 Å². The molecule has 76 valence electrons. The first-order valence-corrected chi connectivity index (χ1v) is 5.11. The molecule has 0 radical (unpaired) electrons. The van der Waals surface area contributed by atoms with Crippen molar-refractivity contribution < 1.29 is 9.53 Å². The quantitative estimate of drug-likeness (QED) is 0.673. The lowest BCUT2D eigenvalue weighted by atomic mass is 9.93. The lowest BCUT2D eigenvalue weighted by Gasteiger charge is -2.19. The molecule has 1 aliphatic carbocycles. The zero-order chi connectivity index (χ0) is 9.90. The summed E-state index contributed by atoms with van der Waals surface area (Å²) in [6.07, 6.45) is 3.58. The van der Waals surface area contributed by atoms with Crippen molar-refractivity contribution in [3.05, 3.63) is 0 Å². The number of rotatable bonds is 3. The van der Waals surface area contributed by atoms with Gasteiger partial charge in [0.1, 0.15) is 5.78 Å². The average molecular weight is 184 g/mol. The van der Waals surface area contributed by atoms with Gasteiger partial charge in [-0.15, -0.1) is 0 Å². The molecule has 0 spiro atoms. The number of hydrogen-bond donors (Lipinski definition) is 0. The third-order valence-electron chi connectivity index (χ3n) is 2.41. The van der Waals surface area contributed by atoms with Crippen molar-refractivity contribution in [1.82, 2.24) is 0 Å². The van der Waals surface area contributed by atoms with Crippen LogP contribution in [0.1, 0.15) is 46.5 Å². The molecule has 0 heterocycles. The van der Waals surface area contributed by atoms with E-state index in [0.29, 0.717) is 17.6 Å². The van der Waals surface area contributed by atoms with Gasteiger partial charge >= 0.3 is 0 Å². The van der Waals surface area contributed by atoms with E-state index >= 15 is 0 Å². The molecule has 1 rings (SSSR count). The molecule has 13 heavy (non-hydrogen) atoms. The molecule has 0 bridgehead atoms. The highest BCUT2D eigenvalue weighted by Crippen LogP contribution is 2.22. The molecule has 0 aromatic heterocycles. The van der Waals surface area contributed by atoms with Gasteiger partial charge < -0.3 is 4.74 Å². The Balaban J connectivity index is 2.10. The van der Waals surface area contributed by atoms with Crippen LogP contribution in [0.4, 0.5) is 0 Å². The molecule has 0 amide bonds. The fraction of sp³-hybridized carbons (Fsp3) is 0.909. The molecule has 0 aromatic rings. The molecule has 0 aliphatic heterocycles. The first-order valence-electron chi connectivity index (χ1n) is 5.11. The lowest BCUT2D eigenvalue weighted by Crippen LogP contribution is -2.15. The van der Waals surface area contributed by atoms with Gasteiger partial charge in [0.15, 0.2) is 0 Å². The number of carbonyl (C=O) groups is 1. The maximum atomic E-state index is 10.9. The van der Waals surface area contributed by atoms with Crippen molar-refractivity contribution >= 4 is 5.78 Å². The molecule has 1 fully saturated rings. The van der Waals surface area contributed by atoms with Crippen LogP contribution >= 0.6 is 0 Å². The van der Waals surface area contributed by atoms with Crippen LogP contribution in [0.2, 0.25) is 0 Å². The van der Waals surface area contributed by atoms with Gasteiger partial charge in [-0.05, 0) is 18.3 Å². The Morgan fingerprint density at radius 1 is 1.46 bits per heavy atom. The molecule has 0 saturated heterocycles. The summed E-state index contributed by atoms with van der Waals surface area (Å²) in [5.74, 6) is 0.362. The van der Waals surface area contributed by atoms with Crippen LogP contribution in [0.3, 0.4) is 0 Å². The topological polar surface area (TPSA) is 26.3 Å². The second kappa shape index (κ2) is 4.23. The first-order chi connectivity index (χ1) is 5.97. The summed E-state index contributed by atoms with van der Waals surface area (Å²) < 4.78 is 5.63. The Morgan fingerprint density at radius 2 is 2.15 bits per heavy atom. The Labute approximate surface area is 80.7 Å². The summed E-state index contributed by atoms with van der Waals surface area (Å²) in [7, 11) is 0. The number of Topliss-reactive ketones (excluding diaryl/α,β-unsaturated/α-hetero) is 1. The molecule has 0 aromatic carbocycles. The molecular weight excluding hydrogens is 164 g/mol. The summed E-state index contributed by atoms with van der Waals surface area (Å²) in [6.45, 7) is 7.41. The second-order valence-electron chi connectivity index (χ2n) is 5.08. The highest BCUT2D eigenvalue weighted by Gasteiger charge is 2.22. The Morgan fingerprint density at radius 3 is 2.62 bits per heavy atom. The third-order valence-corrected chi connectivity index (χ3v) is 2.41. The van der Waals surface area contributed by atoms with Crippen LogP contribution in [-0.4, -0.2) is 18.5 Å². The van der Waals surface area contributed by atoms with Crippen molar-refractivity contribution in [1.29, 1.82) is 0 Å².